The van der Waals surface area contributed by atoms with Gasteiger partial charge in [0.2, 0.25) is 0 Å². The molecule has 132 valence electrons. The van der Waals surface area contributed by atoms with Gasteiger partial charge in [-0.2, -0.15) is 0 Å². The van der Waals surface area contributed by atoms with Crippen molar-refractivity contribution in [2.75, 3.05) is 0 Å². The maximum Gasteiger partial charge on any atom is 0.309 e. The van der Waals surface area contributed by atoms with Crippen LogP contribution in [0.1, 0.15) is 51.0 Å². The number of fused-ring (bicyclic) bond motifs is 2. The number of carbonyl (C=O) groups is 2. The molecule has 0 aliphatic heterocycles. The van der Waals surface area contributed by atoms with E-state index in [0.29, 0.717) is 30.4 Å². The molecule has 6 nitrogen and oxygen atoms in total. The molecular weight excluding hydrogens is 340 g/mol. The predicted molar refractivity (Wildman–Crippen MR) is 90.7 cm³/mol. The molecule has 2 bridgehead atoms. The fourth-order valence-electron chi connectivity index (χ4n) is 3.89. The van der Waals surface area contributed by atoms with E-state index in [-0.39, 0.29) is 23.7 Å². The van der Waals surface area contributed by atoms with E-state index in [1.54, 1.807) is 6.92 Å². The van der Waals surface area contributed by atoms with Crippen LogP contribution in [0.25, 0.3) is 10.8 Å². The molecule has 1 unspecified atom stereocenters. The molecule has 4 rings (SSSR count). The van der Waals surface area contributed by atoms with E-state index in [2.05, 4.69) is 10.2 Å². The lowest BCUT2D eigenvalue weighted by molar-refractivity contribution is -0.159. The Balaban J connectivity index is 1.40. The lowest BCUT2D eigenvalue weighted by atomic mass is 9.67. The highest BCUT2D eigenvalue weighted by molar-refractivity contribution is 7.13. The molecule has 0 amide bonds. The van der Waals surface area contributed by atoms with Crippen molar-refractivity contribution in [2.24, 2.45) is 17.8 Å². The Labute approximate surface area is 149 Å². The van der Waals surface area contributed by atoms with Gasteiger partial charge in [-0.1, -0.05) is 12.5 Å². The van der Waals surface area contributed by atoms with Crippen LogP contribution in [0.5, 0.6) is 0 Å². The number of aromatic nitrogens is 2. The second-order valence-electron chi connectivity index (χ2n) is 6.90. The third-order valence-electron chi connectivity index (χ3n) is 5.19. The molecule has 2 fully saturated rings. The smallest absolute Gasteiger partial charge is 0.309 e. The molecule has 2 aromatic heterocycles. The first-order valence-electron chi connectivity index (χ1n) is 8.73. The Morgan fingerprint density at radius 3 is 2.76 bits per heavy atom. The van der Waals surface area contributed by atoms with Crippen LogP contribution < -0.4 is 0 Å². The molecule has 0 saturated heterocycles. The fraction of sp³-hybridized carbons (Fsp3) is 0.556. The number of rotatable bonds is 4. The molecule has 25 heavy (non-hydrogen) atoms. The topological polar surface area (TPSA) is 82.3 Å². The summed E-state index contributed by atoms with van der Waals surface area (Å²) in [6.07, 6.45) is 3.54. The van der Waals surface area contributed by atoms with Crippen molar-refractivity contribution in [1.29, 1.82) is 0 Å². The van der Waals surface area contributed by atoms with Crippen molar-refractivity contribution in [2.45, 2.75) is 45.1 Å². The van der Waals surface area contributed by atoms with Crippen molar-refractivity contribution in [3.63, 3.8) is 0 Å². The molecule has 2 saturated carbocycles. The third-order valence-corrected chi connectivity index (χ3v) is 6.05. The number of ketones is 1. The highest BCUT2D eigenvalue weighted by Gasteiger charge is 2.42. The Bertz CT molecular complexity index is 754. The van der Waals surface area contributed by atoms with Gasteiger partial charge in [0, 0.05) is 11.8 Å². The number of ether oxygens (including phenoxy) is 1. The van der Waals surface area contributed by atoms with Crippen LogP contribution in [-0.2, 0) is 14.3 Å². The van der Waals surface area contributed by atoms with Crippen LogP contribution in [0.15, 0.2) is 21.9 Å². The monoisotopic (exact) mass is 360 g/mol. The predicted octanol–water partition coefficient (Wildman–Crippen LogP) is 3.80. The number of nitrogens with zero attached hydrogens (tertiary/aromatic N) is 2. The minimum Gasteiger partial charge on any atom is -0.452 e. The van der Waals surface area contributed by atoms with Gasteiger partial charge in [0.05, 0.1) is 10.8 Å². The summed E-state index contributed by atoms with van der Waals surface area (Å²) in [5, 5.41) is 9.95. The SMILES string of the molecule is C[C@H](OC(=O)C1C[C@H]2CCC[C@@H](C1)C2=O)c1nnc(-c2cccs2)o1. The second kappa shape index (κ2) is 6.71. The summed E-state index contributed by atoms with van der Waals surface area (Å²) in [5.41, 5.74) is 0. The van der Waals surface area contributed by atoms with E-state index >= 15 is 0 Å². The Morgan fingerprint density at radius 2 is 2.08 bits per heavy atom. The fourth-order valence-corrected chi connectivity index (χ4v) is 4.54. The largest absolute Gasteiger partial charge is 0.452 e. The normalized spacial score (nSPS) is 27.1. The van der Waals surface area contributed by atoms with Gasteiger partial charge in [-0.15, -0.1) is 21.5 Å². The van der Waals surface area contributed by atoms with Crippen molar-refractivity contribution >= 4 is 23.1 Å². The molecule has 0 spiro atoms. The van der Waals surface area contributed by atoms with Gasteiger partial charge in [0.1, 0.15) is 5.78 Å². The van der Waals surface area contributed by atoms with E-state index in [1.165, 1.54) is 11.3 Å². The summed E-state index contributed by atoms with van der Waals surface area (Å²) >= 11 is 1.51. The lowest BCUT2D eigenvalue weighted by Gasteiger charge is -2.36. The molecular formula is C18H20N2O4S. The first-order chi connectivity index (χ1) is 12.1. The zero-order valence-electron chi connectivity index (χ0n) is 14.0. The second-order valence-corrected chi connectivity index (χ2v) is 7.85. The summed E-state index contributed by atoms with van der Waals surface area (Å²) < 4.78 is 11.2. The van der Waals surface area contributed by atoms with E-state index in [9.17, 15) is 9.59 Å². The van der Waals surface area contributed by atoms with Crippen molar-refractivity contribution in [1.82, 2.24) is 10.2 Å². The van der Waals surface area contributed by atoms with E-state index < -0.39 is 6.10 Å². The first-order valence-corrected chi connectivity index (χ1v) is 9.61. The molecule has 2 aliphatic rings. The Hall–Kier alpha value is -2.02. The van der Waals surface area contributed by atoms with Gasteiger partial charge in [0.15, 0.2) is 6.10 Å². The number of Topliss-reactive ketones (excluding diaryl/α,β-unsaturated/α-hetero) is 1. The molecule has 2 heterocycles. The van der Waals surface area contributed by atoms with Crippen LogP contribution in [0, 0.1) is 17.8 Å². The quantitative estimate of drug-likeness (QED) is 0.771. The molecule has 0 N–H and O–H groups in total. The van der Waals surface area contributed by atoms with Crippen LogP contribution in [0.4, 0.5) is 0 Å². The van der Waals surface area contributed by atoms with Gasteiger partial charge in [-0.3, -0.25) is 9.59 Å². The summed E-state index contributed by atoms with van der Waals surface area (Å²) in [7, 11) is 0. The summed E-state index contributed by atoms with van der Waals surface area (Å²) in [5.74, 6) is 0.696. The van der Waals surface area contributed by atoms with Gasteiger partial charge < -0.3 is 9.15 Å². The first kappa shape index (κ1) is 16.4. The summed E-state index contributed by atoms with van der Waals surface area (Å²) in [4.78, 5) is 25.6. The van der Waals surface area contributed by atoms with Crippen molar-refractivity contribution in [3.05, 3.63) is 23.4 Å². The van der Waals surface area contributed by atoms with Gasteiger partial charge >= 0.3 is 5.97 Å². The molecule has 0 aromatic carbocycles. The summed E-state index contributed by atoms with van der Waals surface area (Å²) in [6.45, 7) is 1.73. The number of carbonyl (C=O) groups excluding carboxylic acids is 2. The Morgan fingerprint density at radius 1 is 1.32 bits per heavy atom. The minimum absolute atomic E-state index is 0.0363. The average molecular weight is 360 g/mol. The van der Waals surface area contributed by atoms with Crippen LogP contribution in [-0.4, -0.2) is 21.9 Å². The number of hydrogen-bond donors (Lipinski definition) is 0. The average Bonchev–Trinajstić information content (AvgIpc) is 3.26. The number of esters is 1. The van der Waals surface area contributed by atoms with Gasteiger partial charge in [0.25, 0.3) is 11.8 Å². The van der Waals surface area contributed by atoms with E-state index in [4.69, 9.17) is 9.15 Å². The van der Waals surface area contributed by atoms with Crippen molar-refractivity contribution in [3.8, 4) is 10.8 Å². The number of thiophene rings is 1. The molecule has 2 aromatic rings. The molecule has 2 aliphatic carbocycles. The van der Waals surface area contributed by atoms with Crippen molar-refractivity contribution < 1.29 is 18.7 Å². The summed E-state index contributed by atoms with van der Waals surface area (Å²) in [6, 6.07) is 3.81. The minimum atomic E-state index is -0.591. The number of hydrogen-bond acceptors (Lipinski definition) is 7. The molecule has 7 heteroatoms. The van der Waals surface area contributed by atoms with Gasteiger partial charge in [-0.25, -0.2) is 0 Å². The highest BCUT2D eigenvalue weighted by Crippen LogP contribution is 2.41. The standard InChI is InChI=1S/C18H20N2O4S/c1-10(16-19-20-17(24-16)14-6-3-7-25-14)23-18(22)13-8-11-4-2-5-12(9-13)15(11)21/h3,6-7,10-13H,2,4-5,8-9H2,1H3/t10-,11-,12+,13?/m0/s1. The van der Waals surface area contributed by atoms with Crippen LogP contribution >= 0.6 is 11.3 Å². The highest BCUT2D eigenvalue weighted by atomic mass is 32.1. The van der Waals surface area contributed by atoms with Crippen LogP contribution in [0.2, 0.25) is 0 Å². The van der Waals surface area contributed by atoms with Gasteiger partial charge in [-0.05, 0) is 44.1 Å². The van der Waals surface area contributed by atoms with E-state index in [1.807, 2.05) is 17.5 Å². The lowest BCUT2D eigenvalue weighted by Crippen LogP contribution is -2.39. The maximum atomic E-state index is 12.5. The maximum absolute atomic E-state index is 12.5. The molecule has 4 atom stereocenters. The zero-order valence-corrected chi connectivity index (χ0v) is 14.8. The zero-order chi connectivity index (χ0) is 17.4. The van der Waals surface area contributed by atoms with Crippen LogP contribution in [0.3, 0.4) is 0 Å². The molecule has 0 radical (unpaired) electrons. The Kier molecular flexibility index (Phi) is 4.41. The third kappa shape index (κ3) is 3.25. The van der Waals surface area contributed by atoms with E-state index in [0.717, 1.165) is 24.1 Å².